The van der Waals surface area contributed by atoms with E-state index in [4.69, 9.17) is 30.3 Å². The minimum atomic E-state index is -0.878. The van der Waals surface area contributed by atoms with Crippen LogP contribution in [0.1, 0.15) is 33.3 Å². The fourth-order valence-electron chi connectivity index (χ4n) is 5.56. The van der Waals surface area contributed by atoms with Crippen molar-refractivity contribution in [3.05, 3.63) is 86.4 Å². The van der Waals surface area contributed by atoms with E-state index in [1.807, 2.05) is 18.2 Å². The molecule has 0 radical (unpaired) electrons. The van der Waals surface area contributed by atoms with Crippen molar-refractivity contribution in [1.82, 2.24) is 15.0 Å². The Balaban J connectivity index is 1.45. The highest BCUT2D eigenvalue weighted by atomic mass is 35.5. The minimum absolute atomic E-state index is 0.265. The first kappa shape index (κ1) is 26.7. The first-order valence-corrected chi connectivity index (χ1v) is 13.2. The number of nitrogens with one attached hydrogen (secondary N) is 1. The van der Waals surface area contributed by atoms with Crippen molar-refractivity contribution in [1.29, 1.82) is 0 Å². The summed E-state index contributed by atoms with van der Waals surface area (Å²) < 4.78 is 23.0. The summed E-state index contributed by atoms with van der Waals surface area (Å²) in [4.78, 5) is 27.2. The van der Waals surface area contributed by atoms with Gasteiger partial charge >= 0.3 is 0 Å². The van der Waals surface area contributed by atoms with Crippen molar-refractivity contribution in [3.8, 4) is 22.9 Å². The Morgan fingerprint density at radius 3 is 2.49 bits per heavy atom. The van der Waals surface area contributed by atoms with E-state index in [9.17, 15) is 14.7 Å². The lowest BCUT2D eigenvalue weighted by atomic mass is 10.0. The Morgan fingerprint density at radius 2 is 1.80 bits per heavy atom. The number of ether oxygens (including phenoxy) is 3. The fraction of sp³-hybridized carbons (Fsp3) is 0.233. The number of fused-ring (bicyclic) bond motifs is 4. The van der Waals surface area contributed by atoms with Crippen molar-refractivity contribution in [3.63, 3.8) is 0 Å². The number of nitrogens with zero attached hydrogens (tertiary/aromatic N) is 2. The third-order valence-corrected chi connectivity index (χ3v) is 7.81. The molecule has 5 aromatic rings. The summed E-state index contributed by atoms with van der Waals surface area (Å²) in [5.74, 6) is 0.960. The number of pyridine rings is 1. The van der Waals surface area contributed by atoms with Crippen LogP contribution in [-0.2, 0) is 6.42 Å². The minimum Gasteiger partial charge on any atom is -0.493 e. The second-order valence-electron chi connectivity index (χ2n) is 9.76. The van der Waals surface area contributed by atoms with Crippen molar-refractivity contribution in [2.45, 2.75) is 25.5 Å². The van der Waals surface area contributed by atoms with Crippen molar-refractivity contribution >= 4 is 39.3 Å². The lowest BCUT2D eigenvalue weighted by Gasteiger charge is -2.20. The monoisotopic (exact) mass is 575 g/mol. The van der Waals surface area contributed by atoms with Gasteiger partial charge in [-0.15, -0.1) is 0 Å². The van der Waals surface area contributed by atoms with Gasteiger partial charge in [-0.2, -0.15) is 0 Å². The van der Waals surface area contributed by atoms with Gasteiger partial charge in [-0.1, -0.05) is 28.9 Å². The highest BCUT2D eigenvalue weighted by Gasteiger charge is 2.34. The number of aromatic nitrogens is 2. The average Bonchev–Trinajstić information content (AvgIpc) is 3.51. The van der Waals surface area contributed by atoms with E-state index in [1.165, 1.54) is 21.3 Å². The zero-order chi connectivity index (χ0) is 29.0. The Hall–Kier alpha value is -4.54. The molecule has 1 amide bonds. The maximum absolute atomic E-state index is 13.8. The summed E-state index contributed by atoms with van der Waals surface area (Å²) in [6.07, 6.45) is -0.543. The van der Waals surface area contributed by atoms with Gasteiger partial charge in [-0.3, -0.25) is 14.2 Å². The van der Waals surface area contributed by atoms with Crippen molar-refractivity contribution in [2.24, 2.45) is 0 Å². The van der Waals surface area contributed by atoms with Crippen LogP contribution in [0, 0.1) is 6.92 Å². The number of carbonyl (C=O) groups excluding carboxylic acids is 1. The lowest BCUT2D eigenvalue weighted by molar-refractivity contribution is 0.0857. The molecule has 2 atom stereocenters. The van der Waals surface area contributed by atoms with E-state index >= 15 is 0 Å². The number of aliphatic hydroxyl groups excluding tert-OH is 1. The third kappa shape index (κ3) is 4.18. The summed E-state index contributed by atoms with van der Waals surface area (Å²) >= 11 is 6.57. The number of aryl methyl sites for hydroxylation is 1. The molecule has 0 saturated heterocycles. The largest absolute Gasteiger partial charge is 0.493 e. The first-order chi connectivity index (χ1) is 19.8. The van der Waals surface area contributed by atoms with Crippen molar-refractivity contribution in [2.75, 3.05) is 21.3 Å². The van der Waals surface area contributed by atoms with Crippen LogP contribution in [-0.4, -0.2) is 48.2 Å². The van der Waals surface area contributed by atoms with E-state index in [0.29, 0.717) is 67.5 Å². The van der Waals surface area contributed by atoms with E-state index in [0.717, 1.165) is 5.56 Å². The van der Waals surface area contributed by atoms with Crippen LogP contribution in [0.4, 0.5) is 0 Å². The van der Waals surface area contributed by atoms with Gasteiger partial charge in [0.15, 0.2) is 11.5 Å². The highest BCUT2D eigenvalue weighted by Crippen LogP contribution is 2.39. The number of hydrogen-bond acceptors (Lipinski definition) is 8. The molecule has 0 spiro atoms. The second kappa shape index (κ2) is 10.1. The predicted molar refractivity (Wildman–Crippen MR) is 153 cm³/mol. The topological polar surface area (TPSA) is 125 Å². The molecule has 41 heavy (non-hydrogen) atoms. The number of rotatable bonds is 6. The van der Waals surface area contributed by atoms with Gasteiger partial charge in [-0.25, -0.2) is 0 Å². The number of methoxy groups -OCH3 is 3. The molecule has 210 valence electrons. The Morgan fingerprint density at radius 1 is 1.07 bits per heavy atom. The second-order valence-corrected chi connectivity index (χ2v) is 10.2. The molecule has 2 N–H and O–H groups in total. The average molecular weight is 576 g/mol. The summed E-state index contributed by atoms with van der Waals surface area (Å²) in [5.41, 5.74) is 3.00. The van der Waals surface area contributed by atoms with Gasteiger partial charge in [-0.05, 0) is 54.4 Å². The zero-order valence-electron chi connectivity index (χ0n) is 22.6. The Labute approximate surface area is 239 Å². The molecule has 2 aromatic heterocycles. The fourth-order valence-corrected chi connectivity index (χ4v) is 5.82. The molecule has 0 saturated carbocycles. The Bertz CT molecular complexity index is 1890. The summed E-state index contributed by atoms with van der Waals surface area (Å²) in [6, 6.07) is 13.1. The number of halogens is 1. The molecule has 1 aliphatic rings. The Kier molecular flexibility index (Phi) is 6.59. The summed E-state index contributed by atoms with van der Waals surface area (Å²) in [5, 5.41) is 19.4. The molecule has 0 fully saturated rings. The molecular weight excluding hydrogens is 550 g/mol. The summed E-state index contributed by atoms with van der Waals surface area (Å²) in [6.45, 7) is 1.68. The molecule has 10 nitrogen and oxygen atoms in total. The number of aliphatic hydroxyl groups is 1. The van der Waals surface area contributed by atoms with Gasteiger partial charge in [0.25, 0.3) is 11.5 Å². The standard InChI is InChI=1S/C30H26ClN3O7/c1-14-24-27(33-41-14)25-19(31)6-5-7-20(25)34(30(24)37)17-9-8-15-10-21(35)26(18(15)13-17)32-29(36)16-11-22(38-2)28(40-4)23(12-16)39-3/h5-9,11-13,21,26,35H,10H2,1-4H3,(H,32,36). The number of hydrogen-bond donors (Lipinski definition) is 2. The van der Waals surface area contributed by atoms with Crippen LogP contribution in [0.25, 0.3) is 27.5 Å². The van der Waals surface area contributed by atoms with Gasteiger partial charge < -0.3 is 29.2 Å². The molecule has 0 aliphatic heterocycles. The molecule has 0 bridgehead atoms. The van der Waals surface area contributed by atoms with E-state index in [-0.39, 0.29) is 11.1 Å². The number of benzene rings is 3. The maximum atomic E-state index is 13.8. The number of amides is 1. The molecule has 6 rings (SSSR count). The smallest absolute Gasteiger partial charge is 0.268 e. The molecule has 2 heterocycles. The van der Waals surface area contributed by atoms with Crippen LogP contribution < -0.4 is 25.1 Å². The van der Waals surface area contributed by atoms with Gasteiger partial charge in [0.1, 0.15) is 16.7 Å². The molecular formula is C30H26ClN3O7. The number of carbonyl (C=O) groups is 1. The van der Waals surface area contributed by atoms with E-state index in [1.54, 1.807) is 41.8 Å². The van der Waals surface area contributed by atoms with Crippen LogP contribution >= 0.6 is 11.6 Å². The highest BCUT2D eigenvalue weighted by molar-refractivity contribution is 6.37. The predicted octanol–water partition coefficient (Wildman–Crippen LogP) is 4.51. The van der Waals surface area contributed by atoms with Crippen molar-refractivity contribution < 1.29 is 28.6 Å². The third-order valence-electron chi connectivity index (χ3n) is 7.50. The van der Waals surface area contributed by atoms with Gasteiger partial charge in [0, 0.05) is 23.1 Å². The normalized spacial score (nSPS) is 16.1. The maximum Gasteiger partial charge on any atom is 0.268 e. The summed E-state index contributed by atoms with van der Waals surface area (Å²) in [7, 11) is 4.41. The van der Waals surface area contributed by atoms with Crippen LogP contribution in [0.3, 0.4) is 0 Å². The molecule has 11 heteroatoms. The van der Waals surface area contributed by atoms with E-state index < -0.39 is 18.1 Å². The first-order valence-electron chi connectivity index (χ1n) is 12.8. The zero-order valence-corrected chi connectivity index (χ0v) is 23.4. The van der Waals surface area contributed by atoms with Crippen LogP contribution in [0.5, 0.6) is 17.2 Å². The SMILES string of the molecule is COc1cc(C(=O)NC2c3cc(-n4c(=O)c5c(C)onc5c5c(Cl)cccc54)ccc3CC2O)cc(OC)c1OC. The quantitative estimate of drug-likeness (QED) is 0.303. The van der Waals surface area contributed by atoms with E-state index in [2.05, 4.69) is 10.5 Å². The molecule has 3 aromatic carbocycles. The molecule has 2 unspecified atom stereocenters. The molecule has 1 aliphatic carbocycles. The van der Waals surface area contributed by atoms with Crippen LogP contribution in [0.15, 0.2) is 57.8 Å². The van der Waals surface area contributed by atoms with Crippen LogP contribution in [0.2, 0.25) is 5.02 Å². The lowest BCUT2D eigenvalue weighted by Crippen LogP contribution is -2.34. The van der Waals surface area contributed by atoms with Gasteiger partial charge in [0.05, 0.1) is 44.0 Å². The van der Waals surface area contributed by atoms with Gasteiger partial charge in [0.2, 0.25) is 5.75 Å².